The first-order chi connectivity index (χ1) is 19.2. The zero-order chi connectivity index (χ0) is 29.0. The second kappa shape index (κ2) is 12.3. The van der Waals surface area contributed by atoms with Crippen LogP contribution in [0.4, 0.5) is 0 Å². The Morgan fingerprint density at radius 3 is 2.58 bits per heavy atom. The van der Waals surface area contributed by atoms with Crippen LogP contribution in [0.3, 0.4) is 0 Å². The lowest BCUT2D eigenvalue weighted by atomic mass is 9.95. The number of ether oxygens (including phenoxy) is 4. The molecule has 1 aliphatic rings. The average molecular weight is 565 g/mol. The van der Waals surface area contributed by atoms with Gasteiger partial charge in [0, 0.05) is 0 Å². The van der Waals surface area contributed by atoms with Crippen molar-refractivity contribution in [3.63, 3.8) is 0 Å². The van der Waals surface area contributed by atoms with E-state index in [1.165, 1.54) is 36.2 Å². The second-order valence-corrected chi connectivity index (χ2v) is 10.5. The third kappa shape index (κ3) is 5.81. The van der Waals surface area contributed by atoms with Gasteiger partial charge in [-0.15, -0.1) is 0 Å². The van der Waals surface area contributed by atoms with E-state index < -0.39 is 12.0 Å². The van der Waals surface area contributed by atoms with E-state index in [9.17, 15) is 14.7 Å². The van der Waals surface area contributed by atoms with Crippen LogP contribution >= 0.6 is 11.3 Å². The minimum absolute atomic E-state index is 0.00393. The van der Waals surface area contributed by atoms with Crippen LogP contribution in [0.25, 0.3) is 6.08 Å². The molecular formula is C30H32N2O7S. The molecule has 0 fully saturated rings. The molecule has 0 bridgehead atoms. The molecule has 0 saturated heterocycles. The lowest BCUT2D eigenvalue weighted by molar-refractivity contribution is -0.140. The van der Waals surface area contributed by atoms with Crippen molar-refractivity contribution in [3.05, 3.63) is 91.1 Å². The highest BCUT2D eigenvalue weighted by Crippen LogP contribution is 2.36. The predicted octanol–water partition coefficient (Wildman–Crippen LogP) is 3.72. The maximum absolute atomic E-state index is 13.9. The number of phenolic OH excluding ortho intramolecular Hbond substituents is 1. The molecule has 0 radical (unpaired) electrons. The quantitative estimate of drug-likeness (QED) is 0.295. The second-order valence-electron chi connectivity index (χ2n) is 9.52. The number of thiazole rings is 1. The highest BCUT2D eigenvalue weighted by atomic mass is 32.1. The summed E-state index contributed by atoms with van der Waals surface area (Å²) in [6, 6.07) is 9.29. The molecule has 10 heteroatoms. The SMILES string of the molecule is C=CCOc1ccc(C2C(C(=O)OCC(C)C)=C(C)N=c3s/c(=C\c4ccc(O)c(OC)c4)c(=O)n32)cc1OC. The van der Waals surface area contributed by atoms with Gasteiger partial charge >= 0.3 is 5.97 Å². The topological polar surface area (TPSA) is 109 Å². The first-order valence-corrected chi connectivity index (χ1v) is 13.5. The van der Waals surface area contributed by atoms with E-state index >= 15 is 0 Å². The predicted molar refractivity (Wildman–Crippen MR) is 153 cm³/mol. The number of fused-ring (bicyclic) bond motifs is 1. The maximum Gasteiger partial charge on any atom is 0.338 e. The molecule has 1 unspecified atom stereocenters. The van der Waals surface area contributed by atoms with Gasteiger partial charge in [-0.2, -0.15) is 0 Å². The molecule has 2 aromatic carbocycles. The zero-order valence-electron chi connectivity index (χ0n) is 23.1. The van der Waals surface area contributed by atoms with E-state index in [-0.39, 0.29) is 35.2 Å². The summed E-state index contributed by atoms with van der Waals surface area (Å²) in [7, 11) is 2.98. The summed E-state index contributed by atoms with van der Waals surface area (Å²) >= 11 is 1.20. The van der Waals surface area contributed by atoms with Crippen molar-refractivity contribution in [2.45, 2.75) is 26.8 Å². The first-order valence-electron chi connectivity index (χ1n) is 12.7. The van der Waals surface area contributed by atoms with Crippen molar-refractivity contribution in [2.75, 3.05) is 27.4 Å². The number of methoxy groups -OCH3 is 2. The summed E-state index contributed by atoms with van der Waals surface area (Å²) in [6.07, 6.45) is 3.33. The fourth-order valence-corrected chi connectivity index (χ4v) is 5.32. The summed E-state index contributed by atoms with van der Waals surface area (Å²) in [6.45, 7) is 9.83. The van der Waals surface area contributed by atoms with E-state index in [1.807, 2.05) is 13.8 Å². The third-order valence-electron chi connectivity index (χ3n) is 6.15. The molecule has 0 saturated carbocycles. The molecule has 4 rings (SSSR count). The van der Waals surface area contributed by atoms with E-state index in [1.54, 1.807) is 49.4 Å². The number of hydrogen-bond donors (Lipinski definition) is 1. The molecule has 1 aromatic heterocycles. The van der Waals surface area contributed by atoms with Gasteiger partial charge in [0.05, 0.1) is 42.7 Å². The average Bonchev–Trinajstić information content (AvgIpc) is 3.24. The van der Waals surface area contributed by atoms with E-state index in [0.717, 1.165) is 0 Å². The van der Waals surface area contributed by atoms with Gasteiger partial charge in [0.15, 0.2) is 27.8 Å². The molecule has 0 spiro atoms. The van der Waals surface area contributed by atoms with Crippen LogP contribution in [0.2, 0.25) is 0 Å². The van der Waals surface area contributed by atoms with Gasteiger partial charge in [-0.05, 0) is 54.3 Å². The van der Waals surface area contributed by atoms with Crippen molar-refractivity contribution >= 4 is 23.4 Å². The molecule has 1 atom stereocenters. The number of hydrogen-bond acceptors (Lipinski definition) is 9. The Morgan fingerprint density at radius 2 is 1.90 bits per heavy atom. The first kappa shape index (κ1) is 28.7. The minimum atomic E-state index is -0.810. The molecule has 1 N–H and O–H groups in total. The Labute approximate surface area is 235 Å². The molecule has 9 nitrogen and oxygen atoms in total. The van der Waals surface area contributed by atoms with Crippen LogP contribution < -0.4 is 29.1 Å². The van der Waals surface area contributed by atoms with Crippen molar-refractivity contribution in [1.82, 2.24) is 4.57 Å². The molecule has 0 aliphatic carbocycles. The normalized spacial score (nSPS) is 14.9. The zero-order valence-corrected chi connectivity index (χ0v) is 23.9. The van der Waals surface area contributed by atoms with Gasteiger partial charge in [-0.25, -0.2) is 9.79 Å². The third-order valence-corrected chi connectivity index (χ3v) is 7.13. The maximum atomic E-state index is 13.9. The van der Waals surface area contributed by atoms with Crippen LogP contribution in [0.5, 0.6) is 23.0 Å². The number of rotatable bonds is 10. The fraction of sp³-hybridized carbons (Fsp3) is 0.300. The van der Waals surface area contributed by atoms with Gasteiger partial charge < -0.3 is 24.1 Å². The van der Waals surface area contributed by atoms with Crippen LogP contribution in [-0.2, 0) is 9.53 Å². The van der Waals surface area contributed by atoms with Gasteiger partial charge in [0.25, 0.3) is 5.56 Å². The molecule has 40 heavy (non-hydrogen) atoms. The number of phenols is 1. The summed E-state index contributed by atoms with van der Waals surface area (Å²) in [4.78, 5) is 32.4. The smallest absolute Gasteiger partial charge is 0.338 e. The standard InChI is InChI=1S/C30H32N2O7S/c1-7-12-38-22-11-9-20(15-24(22)37-6)27-26(29(35)39-16-17(2)3)18(4)31-30-32(27)28(34)25(40-30)14-19-8-10-21(33)23(13-19)36-5/h7-11,13-15,17,27,33H,1,12,16H2,2-6H3/b25-14-. The molecule has 2 heterocycles. The molecule has 1 aliphatic heterocycles. The van der Waals surface area contributed by atoms with Crippen LogP contribution in [-0.4, -0.2) is 43.1 Å². The number of carbonyl (C=O) groups excluding carboxylic acids is 1. The molecule has 0 amide bonds. The van der Waals surface area contributed by atoms with Gasteiger partial charge in [0.2, 0.25) is 0 Å². The van der Waals surface area contributed by atoms with Crippen molar-refractivity contribution in [1.29, 1.82) is 0 Å². The van der Waals surface area contributed by atoms with Crippen LogP contribution in [0, 0.1) is 5.92 Å². The Bertz CT molecular complexity index is 1650. The van der Waals surface area contributed by atoms with Gasteiger partial charge in [-0.3, -0.25) is 9.36 Å². The van der Waals surface area contributed by atoms with Crippen molar-refractivity contribution in [3.8, 4) is 23.0 Å². The molecular weight excluding hydrogens is 532 g/mol. The molecule has 210 valence electrons. The van der Waals surface area contributed by atoms with E-state index in [2.05, 4.69) is 11.6 Å². The highest BCUT2D eigenvalue weighted by molar-refractivity contribution is 7.07. The fourth-order valence-electron chi connectivity index (χ4n) is 4.28. The highest BCUT2D eigenvalue weighted by Gasteiger charge is 2.34. The van der Waals surface area contributed by atoms with E-state index in [0.29, 0.717) is 44.3 Å². The lowest BCUT2D eigenvalue weighted by Gasteiger charge is -2.25. The summed E-state index contributed by atoms with van der Waals surface area (Å²) in [5, 5.41) is 9.96. The Balaban J connectivity index is 1.91. The minimum Gasteiger partial charge on any atom is -0.504 e. The number of nitrogens with zero attached hydrogens (tertiary/aromatic N) is 2. The number of aromatic nitrogens is 1. The van der Waals surface area contributed by atoms with Gasteiger partial charge in [-0.1, -0.05) is 50.0 Å². The lowest BCUT2D eigenvalue weighted by Crippen LogP contribution is -2.40. The Kier molecular flexibility index (Phi) is 8.79. The van der Waals surface area contributed by atoms with Crippen LogP contribution in [0.15, 0.2) is 70.1 Å². The number of carbonyl (C=O) groups is 1. The Hall–Kier alpha value is -4.31. The van der Waals surface area contributed by atoms with Crippen molar-refractivity contribution in [2.24, 2.45) is 10.9 Å². The largest absolute Gasteiger partial charge is 0.504 e. The molecule has 3 aromatic rings. The number of aromatic hydroxyl groups is 1. The van der Waals surface area contributed by atoms with Crippen molar-refractivity contribution < 1.29 is 28.8 Å². The van der Waals surface area contributed by atoms with Gasteiger partial charge in [0.1, 0.15) is 6.61 Å². The van der Waals surface area contributed by atoms with Crippen LogP contribution in [0.1, 0.15) is 37.9 Å². The van der Waals surface area contributed by atoms with E-state index in [4.69, 9.17) is 18.9 Å². The summed E-state index contributed by atoms with van der Waals surface area (Å²) < 4.78 is 24.0. The summed E-state index contributed by atoms with van der Waals surface area (Å²) in [5.74, 6) is 0.829. The summed E-state index contributed by atoms with van der Waals surface area (Å²) in [5.41, 5.74) is 1.70. The Morgan fingerprint density at radius 1 is 1.15 bits per heavy atom. The monoisotopic (exact) mass is 564 g/mol. The number of esters is 1. The number of allylic oxidation sites excluding steroid dienone is 1. The number of benzene rings is 2.